The van der Waals surface area contributed by atoms with Gasteiger partial charge in [-0.1, -0.05) is 92.0 Å². The van der Waals surface area contributed by atoms with E-state index in [0.717, 1.165) is 53.8 Å². The minimum absolute atomic E-state index is 0.120. The van der Waals surface area contributed by atoms with Gasteiger partial charge in [-0.2, -0.15) is 5.21 Å². The minimum atomic E-state index is -0.220. The second kappa shape index (κ2) is 11.3. The monoisotopic (exact) mass is 513 g/mol. The molecule has 0 aliphatic carbocycles. The molecule has 3 heterocycles. The molecular weight excluding hydrogens is 486 g/mol. The lowest BCUT2D eigenvalue weighted by atomic mass is 9.91. The maximum atomic E-state index is 12.9. The van der Waals surface area contributed by atoms with E-state index in [9.17, 15) is 4.79 Å². The molecule has 0 bridgehead atoms. The van der Waals surface area contributed by atoms with E-state index in [1.165, 1.54) is 5.56 Å². The highest BCUT2D eigenvalue weighted by Gasteiger charge is 2.23. The molecule has 8 nitrogen and oxygen atoms in total. The van der Waals surface area contributed by atoms with Crippen molar-refractivity contribution in [3.63, 3.8) is 0 Å². The number of benzene rings is 2. The quantitative estimate of drug-likeness (QED) is 0.251. The Labute approximate surface area is 219 Å². The normalized spacial score (nSPS) is 12.1. The molecule has 9 heteroatoms. The Morgan fingerprint density at radius 3 is 2.49 bits per heavy atom. The molecule has 1 unspecified atom stereocenters. The van der Waals surface area contributed by atoms with Crippen LogP contribution in [0.3, 0.4) is 0 Å². The number of pyridine rings is 1. The number of imidazole rings is 1. The van der Waals surface area contributed by atoms with E-state index in [4.69, 9.17) is 11.6 Å². The first kappa shape index (κ1) is 24.6. The average Bonchev–Trinajstić information content (AvgIpc) is 3.56. The summed E-state index contributed by atoms with van der Waals surface area (Å²) >= 11 is 6.61. The maximum absolute atomic E-state index is 12.9. The number of nitrogens with one attached hydrogen (secondary N) is 2. The minimum Gasteiger partial charge on any atom is -0.296 e. The second-order valence-corrected chi connectivity index (χ2v) is 9.44. The first-order chi connectivity index (χ1) is 18.1. The molecule has 5 rings (SSSR count). The fraction of sp³-hybridized carbons (Fsp3) is 0.250. The van der Waals surface area contributed by atoms with Crippen molar-refractivity contribution in [1.29, 1.82) is 0 Å². The number of hydrogen-bond donors (Lipinski definition) is 2. The van der Waals surface area contributed by atoms with Crippen LogP contribution in [0.1, 0.15) is 49.1 Å². The van der Waals surface area contributed by atoms with Crippen LogP contribution in [0.5, 0.6) is 0 Å². The number of unbranched alkanes of at least 4 members (excludes halogenated alkanes) is 1. The van der Waals surface area contributed by atoms with Crippen LogP contribution >= 0.6 is 11.6 Å². The molecule has 3 aromatic heterocycles. The number of H-pyrrole nitrogens is 2. The Balaban J connectivity index is 1.44. The Morgan fingerprint density at radius 1 is 1.00 bits per heavy atom. The van der Waals surface area contributed by atoms with Crippen molar-refractivity contribution in [3.05, 3.63) is 106 Å². The first-order valence-corrected chi connectivity index (χ1v) is 12.8. The predicted octanol–water partition coefficient (Wildman–Crippen LogP) is 5.64. The topological polar surface area (TPSA) is 105 Å². The highest BCUT2D eigenvalue weighted by atomic mass is 35.5. The Bertz CT molecular complexity index is 1490. The van der Waals surface area contributed by atoms with Gasteiger partial charge in [0.25, 0.3) is 0 Å². The second-order valence-electron chi connectivity index (χ2n) is 9.06. The zero-order chi connectivity index (χ0) is 25.6. The molecule has 0 radical (unpaired) electrons. The summed E-state index contributed by atoms with van der Waals surface area (Å²) in [6.07, 6.45) is 5.70. The van der Waals surface area contributed by atoms with Crippen molar-refractivity contribution >= 4 is 11.6 Å². The number of nitrogens with zero attached hydrogens (tertiary/aromatic N) is 5. The SMILES string of the molecule is CCCCC(Cc1ccccc1)c1c(Cl)[nH]c(=O)n1Cc1ccc(-c2ccccc2-c2nn[nH]n2)cn1. The van der Waals surface area contributed by atoms with Crippen LogP contribution in [0.4, 0.5) is 0 Å². The van der Waals surface area contributed by atoms with Gasteiger partial charge in [0.2, 0.25) is 5.82 Å². The van der Waals surface area contributed by atoms with Crippen molar-refractivity contribution in [1.82, 2.24) is 35.2 Å². The van der Waals surface area contributed by atoms with Gasteiger partial charge in [-0.3, -0.25) is 14.5 Å². The molecule has 1 atom stereocenters. The lowest BCUT2D eigenvalue weighted by molar-refractivity contribution is 0.538. The van der Waals surface area contributed by atoms with Gasteiger partial charge in [0.05, 0.1) is 17.9 Å². The zero-order valence-corrected chi connectivity index (χ0v) is 21.3. The molecule has 0 saturated heterocycles. The third kappa shape index (κ3) is 5.54. The van der Waals surface area contributed by atoms with Gasteiger partial charge >= 0.3 is 5.69 Å². The fourth-order valence-electron chi connectivity index (χ4n) is 4.74. The number of aromatic amines is 2. The molecular formula is C28H28ClN7O. The fourth-order valence-corrected chi connectivity index (χ4v) is 5.08. The number of tetrazole rings is 1. The van der Waals surface area contributed by atoms with Gasteiger partial charge < -0.3 is 0 Å². The summed E-state index contributed by atoms with van der Waals surface area (Å²) in [7, 11) is 0. The van der Waals surface area contributed by atoms with E-state index >= 15 is 0 Å². The lowest BCUT2D eigenvalue weighted by Crippen LogP contribution is -2.22. The van der Waals surface area contributed by atoms with Crippen molar-refractivity contribution in [2.24, 2.45) is 0 Å². The van der Waals surface area contributed by atoms with Gasteiger partial charge in [0.15, 0.2) is 0 Å². The van der Waals surface area contributed by atoms with Crippen LogP contribution in [-0.4, -0.2) is 35.2 Å². The third-order valence-corrected chi connectivity index (χ3v) is 6.85. The molecule has 37 heavy (non-hydrogen) atoms. The molecule has 0 aliphatic rings. The van der Waals surface area contributed by atoms with E-state index in [1.807, 2.05) is 60.8 Å². The smallest absolute Gasteiger partial charge is 0.296 e. The van der Waals surface area contributed by atoms with E-state index in [-0.39, 0.29) is 11.6 Å². The van der Waals surface area contributed by atoms with Gasteiger partial charge in [-0.25, -0.2) is 4.79 Å². The molecule has 2 aromatic carbocycles. The lowest BCUT2D eigenvalue weighted by Gasteiger charge is -2.19. The summed E-state index contributed by atoms with van der Waals surface area (Å²) in [5.41, 5.74) is 5.36. The van der Waals surface area contributed by atoms with Crippen LogP contribution in [0.25, 0.3) is 22.5 Å². The first-order valence-electron chi connectivity index (χ1n) is 12.4. The zero-order valence-electron chi connectivity index (χ0n) is 20.6. The maximum Gasteiger partial charge on any atom is 0.327 e. The molecule has 0 fully saturated rings. The average molecular weight is 514 g/mol. The largest absolute Gasteiger partial charge is 0.327 e. The summed E-state index contributed by atoms with van der Waals surface area (Å²) in [5.74, 6) is 0.643. The predicted molar refractivity (Wildman–Crippen MR) is 144 cm³/mol. The Hall–Kier alpha value is -4.04. The molecule has 0 spiro atoms. The summed E-state index contributed by atoms with van der Waals surface area (Å²) in [4.78, 5) is 20.4. The van der Waals surface area contributed by atoms with Crippen molar-refractivity contribution in [3.8, 4) is 22.5 Å². The van der Waals surface area contributed by atoms with Crippen molar-refractivity contribution in [2.75, 3.05) is 0 Å². The van der Waals surface area contributed by atoms with Gasteiger partial charge in [0.1, 0.15) is 5.15 Å². The third-order valence-electron chi connectivity index (χ3n) is 6.56. The van der Waals surface area contributed by atoms with Crippen LogP contribution in [0.2, 0.25) is 5.15 Å². The van der Waals surface area contributed by atoms with Crippen LogP contribution < -0.4 is 5.69 Å². The molecule has 2 N–H and O–H groups in total. The standard InChI is InChI=1S/C28H28ClN7O/c1-2-3-11-20(16-19-9-5-4-6-10-19)25-26(29)31-28(37)36(25)18-22-15-14-21(17-30-22)23-12-7-8-13-24(23)27-32-34-35-33-27/h4-10,12-15,17,20H,2-3,11,16,18H2,1H3,(H,31,37)(H,32,33,34,35). The summed E-state index contributed by atoms with van der Waals surface area (Å²) < 4.78 is 1.74. The van der Waals surface area contributed by atoms with Gasteiger partial charge in [-0.15, -0.1) is 10.2 Å². The van der Waals surface area contributed by atoms with E-state index < -0.39 is 0 Å². The van der Waals surface area contributed by atoms with Gasteiger partial charge in [0, 0.05) is 23.2 Å². The molecule has 5 aromatic rings. The number of hydrogen-bond acceptors (Lipinski definition) is 5. The summed E-state index contributed by atoms with van der Waals surface area (Å²) in [5, 5.41) is 14.8. The number of halogens is 1. The van der Waals surface area contributed by atoms with E-state index in [0.29, 0.717) is 17.5 Å². The van der Waals surface area contributed by atoms with Gasteiger partial charge in [-0.05, 0) is 35.2 Å². The molecule has 0 saturated carbocycles. The van der Waals surface area contributed by atoms with Crippen molar-refractivity contribution in [2.45, 2.75) is 45.1 Å². The van der Waals surface area contributed by atoms with Crippen molar-refractivity contribution < 1.29 is 0 Å². The van der Waals surface area contributed by atoms with E-state index in [1.54, 1.807) is 4.57 Å². The highest BCUT2D eigenvalue weighted by Crippen LogP contribution is 2.32. The Morgan fingerprint density at radius 2 is 1.78 bits per heavy atom. The van der Waals surface area contributed by atoms with Crippen LogP contribution in [0.15, 0.2) is 77.7 Å². The Kier molecular flexibility index (Phi) is 7.56. The van der Waals surface area contributed by atoms with Crippen LogP contribution in [0, 0.1) is 0 Å². The molecule has 0 amide bonds. The molecule has 188 valence electrons. The number of rotatable bonds is 10. The summed E-state index contributed by atoms with van der Waals surface area (Å²) in [6.45, 7) is 2.51. The molecule has 0 aliphatic heterocycles. The van der Waals surface area contributed by atoms with E-state index in [2.05, 4.69) is 49.6 Å². The van der Waals surface area contributed by atoms with Crippen LogP contribution in [-0.2, 0) is 13.0 Å². The highest BCUT2D eigenvalue weighted by molar-refractivity contribution is 6.30. The summed E-state index contributed by atoms with van der Waals surface area (Å²) in [6, 6.07) is 22.1. The number of aromatic nitrogens is 7.